The average Bonchev–Trinajstić information content (AvgIpc) is 2.21. The van der Waals surface area contributed by atoms with Gasteiger partial charge in [0.25, 0.3) is 6.43 Å². The Balaban J connectivity index is 2.61. The van der Waals surface area contributed by atoms with E-state index in [1.165, 1.54) is 0 Å². The van der Waals surface area contributed by atoms with Crippen LogP contribution in [0.25, 0.3) is 0 Å². The van der Waals surface area contributed by atoms with Crippen LogP contribution < -0.4 is 0 Å². The Labute approximate surface area is 101 Å². The molecule has 0 aliphatic carbocycles. The molecule has 15 heavy (non-hydrogen) atoms. The van der Waals surface area contributed by atoms with Crippen LogP contribution in [0.15, 0.2) is 24.3 Å². The first-order valence-corrected chi connectivity index (χ1v) is 5.84. The van der Waals surface area contributed by atoms with Crippen LogP contribution in [0, 0.1) is 0 Å². The summed E-state index contributed by atoms with van der Waals surface area (Å²) in [5.41, 5.74) is 0.830. The minimum atomic E-state index is -2.45. The quantitative estimate of drug-likeness (QED) is 0.745. The predicted molar refractivity (Wildman–Crippen MR) is 59.9 cm³/mol. The molecule has 0 aliphatic heterocycles. The molecule has 1 atom stereocenters. The number of halogens is 4. The van der Waals surface area contributed by atoms with Gasteiger partial charge in [0, 0.05) is 10.4 Å². The number of benzene rings is 1. The van der Waals surface area contributed by atoms with Gasteiger partial charge in [-0.05, 0) is 17.7 Å². The third kappa shape index (κ3) is 4.45. The lowest BCUT2D eigenvalue weighted by Crippen LogP contribution is -2.11. The van der Waals surface area contributed by atoms with Gasteiger partial charge in [0.2, 0.25) is 0 Å². The molecule has 0 aliphatic rings. The predicted octanol–water partition coefficient (Wildman–Crippen LogP) is 4.06. The number of hydrogen-bond acceptors (Lipinski definition) is 1. The Morgan fingerprint density at radius 1 is 1.27 bits per heavy atom. The summed E-state index contributed by atoms with van der Waals surface area (Å²) in [7, 11) is 0. The van der Waals surface area contributed by atoms with Gasteiger partial charge in [-0.2, -0.15) is 0 Å². The Hall–Kier alpha value is -0.190. The Kier molecular flexibility index (Phi) is 5.50. The van der Waals surface area contributed by atoms with Gasteiger partial charge in [-0.1, -0.05) is 39.7 Å². The molecule has 1 rings (SSSR count). The molecule has 1 aromatic rings. The number of hydrogen-bond donors (Lipinski definition) is 0. The van der Waals surface area contributed by atoms with Crippen LogP contribution in [-0.2, 0) is 4.74 Å². The monoisotopic (exact) mass is 298 g/mol. The standard InChI is InChI=1S/C10H10BrClF2O/c11-5-9(15-6-10(13)14)7-1-3-8(12)4-2-7/h1-4,9-10H,5-6H2. The first-order valence-electron chi connectivity index (χ1n) is 4.34. The maximum absolute atomic E-state index is 11.9. The zero-order valence-electron chi connectivity index (χ0n) is 7.80. The van der Waals surface area contributed by atoms with Crippen LogP contribution >= 0.6 is 27.5 Å². The fourth-order valence-corrected chi connectivity index (χ4v) is 1.78. The SMILES string of the molecule is FC(F)COC(CBr)c1ccc(Cl)cc1. The highest BCUT2D eigenvalue weighted by molar-refractivity contribution is 9.09. The van der Waals surface area contributed by atoms with Crippen molar-refractivity contribution in [2.24, 2.45) is 0 Å². The second kappa shape index (κ2) is 6.40. The van der Waals surface area contributed by atoms with Gasteiger partial charge in [-0.3, -0.25) is 0 Å². The van der Waals surface area contributed by atoms with Crippen molar-refractivity contribution < 1.29 is 13.5 Å². The molecule has 0 saturated carbocycles. The molecule has 0 radical (unpaired) electrons. The summed E-state index contributed by atoms with van der Waals surface area (Å²) in [4.78, 5) is 0. The highest BCUT2D eigenvalue weighted by Gasteiger charge is 2.13. The molecular weight excluding hydrogens is 289 g/mol. The minimum absolute atomic E-state index is 0.365. The van der Waals surface area contributed by atoms with Crippen LogP contribution in [0.3, 0.4) is 0 Å². The topological polar surface area (TPSA) is 9.23 Å². The first-order chi connectivity index (χ1) is 7.13. The van der Waals surface area contributed by atoms with Gasteiger partial charge in [0.15, 0.2) is 0 Å². The zero-order valence-corrected chi connectivity index (χ0v) is 10.1. The molecule has 0 N–H and O–H groups in total. The van der Waals surface area contributed by atoms with Crippen LogP contribution in [0.4, 0.5) is 8.78 Å². The van der Waals surface area contributed by atoms with Crippen molar-refractivity contribution in [1.29, 1.82) is 0 Å². The Bertz CT molecular complexity index is 292. The molecular formula is C10H10BrClF2O. The van der Waals surface area contributed by atoms with E-state index >= 15 is 0 Å². The van der Waals surface area contributed by atoms with Gasteiger partial charge < -0.3 is 4.74 Å². The maximum Gasteiger partial charge on any atom is 0.261 e. The van der Waals surface area contributed by atoms with Crippen LogP contribution in [0.2, 0.25) is 5.02 Å². The van der Waals surface area contributed by atoms with Crippen molar-refractivity contribution in [3.8, 4) is 0 Å². The second-order valence-corrected chi connectivity index (χ2v) is 4.00. The van der Waals surface area contributed by atoms with Gasteiger partial charge in [0.05, 0.1) is 6.10 Å². The summed E-state index contributed by atoms with van der Waals surface area (Å²) >= 11 is 8.93. The maximum atomic E-state index is 11.9. The smallest absolute Gasteiger partial charge is 0.261 e. The number of alkyl halides is 3. The molecule has 84 valence electrons. The zero-order chi connectivity index (χ0) is 11.3. The number of rotatable bonds is 5. The van der Waals surface area contributed by atoms with E-state index in [1.807, 2.05) is 0 Å². The van der Waals surface area contributed by atoms with Gasteiger partial charge in [-0.25, -0.2) is 8.78 Å². The first kappa shape index (κ1) is 12.9. The fourth-order valence-electron chi connectivity index (χ4n) is 1.10. The second-order valence-electron chi connectivity index (χ2n) is 2.92. The van der Waals surface area contributed by atoms with Gasteiger partial charge >= 0.3 is 0 Å². The largest absolute Gasteiger partial charge is 0.367 e. The molecule has 5 heteroatoms. The van der Waals surface area contributed by atoms with Crippen molar-refractivity contribution in [2.75, 3.05) is 11.9 Å². The van der Waals surface area contributed by atoms with E-state index in [1.54, 1.807) is 24.3 Å². The van der Waals surface area contributed by atoms with Crippen LogP contribution in [0.1, 0.15) is 11.7 Å². The van der Waals surface area contributed by atoms with Crippen LogP contribution in [0.5, 0.6) is 0 Å². The third-order valence-corrected chi connectivity index (χ3v) is 2.65. The summed E-state index contributed by atoms with van der Waals surface area (Å²) in [5.74, 6) is 0. The van der Waals surface area contributed by atoms with E-state index in [4.69, 9.17) is 16.3 Å². The van der Waals surface area contributed by atoms with Crippen molar-refractivity contribution in [1.82, 2.24) is 0 Å². The molecule has 1 aromatic carbocycles. The third-order valence-electron chi connectivity index (χ3n) is 1.81. The fraction of sp³-hybridized carbons (Fsp3) is 0.400. The molecule has 1 nitrogen and oxygen atoms in total. The van der Waals surface area contributed by atoms with E-state index in [9.17, 15) is 8.78 Å². The van der Waals surface area contributed by atoms with E-state index in [-0.39, 0.29) is 6.10 Å². The Morgan fingerprint density at radius 2 is 1.87 bits per heavy atom. The molecule has 0 spiro atoms. The lowest BCUT2D eigenvalue weighted by Gasteiger charge is -2.15. The van der Waals surface area contributed by atoms with E-state index in [0.717, 1.165) is 5.56 Å². The van der Waals surface area contributed by atoms with E-state index in [2.05, 4.69) is 15.9 Å². The molecule has 0 amide bonds. The summed E-state index contributed by atoms with van der Waals surface area (Å²) in [6, 6.07) is 6.94. The van der Waals surface area contributed by atoms with Crippen molar-refractivity contribution in [3.05, 3.63) is 34.9 Å². The lowest BCUT2D eigenvalue weighted by molar-refractivity contribution is -0.0159. The minimum Gasteiger partial charge on any atom is -0.367 e. The van der Waals surface area contributed by atoms with Crippen LogP contribution in [-0.4, -0.2) is 18.4 Å². The summed E-state index contributed by atoms with van der Waals surface area (Å²) < 4.78 is 28.9. The molecule has 1 unspecified atom stereocenters. The highest BCUT2D eigenvalue weighted by Crippen LogP contribution is 2.22. The van der Waals surface area contributed by atoms with Crippen molar-refractivity contribution in [3.63, 3.8) is 0 Å². The highest BCUT2D eigenvalue weighted by atomic mass is 79.9. The normalized spacial score (nSPS) is 13.1. The average molecular weight is 300 g/mol. The Morgan fingerprint density at radius 3 is 2.33 bits per heavy atom. The summed E-state index contributed by atoms with van der Waals surface area (Å²) in [6.45, 7) is -0.557. The van der Waals surface area contributed by atoms with Gasteiger partial charge in [0.1, 0.15) is 6.61 Å². The van der Waals surface area contributed by atoms with E-state index in [0.29, 0.717) is 10.4 Å². The number of ether oxygens (including phenoxy) is 1. The molecule has 0 fully saturated rings. The molecule has 0 heterocycles. The summed E-state index contributed by atoms with van der Waals surface area (Å²) in [5, 5.41) is 1.09. The van der Waals surface area contributed by atoms with Gasteiger partial charge in [-0.15, -0.1) is 0 Å². The lowest BCUT2D eigenvalue weighted by atomic mass is 10.1. The summed E-state index contributed by atoms with van der Waals surface area (Å²) in [6.07, 6.45) is -2.81. The van der Waals surface area contributed by atoms with E-state index < -0.39 is 13.0 Å². The van der Waals surface area contributed by atoms with Crippen molar-refractivity contribution >= 4 is 27.5 Å². The molecule has 0 aromatic heterocycles. The van der Waals surface area contributed by atoms with Crippen molar-refractivity contribution in [2.45, 2.75) is 12.5 Å². The molecule has 0 saturated heterocycles. The molecule has 0 bridgehead atoms.